The molecular weight excluding hydrogens is 367 g/mol. The number of carbonyl (C=O) groups excluding carboxylic acids is 1. The van der Waals surface area contributed by atoms with E-state index in [0.29, 0.717) is 11.9 Å². The van der Waals surface area contributed by atoms with Crippen LogP contribution in [0, 0.1) is 19.7 Å². The van der Waals surface area contributed by atoms with Gasteiger partial charge in [0.1, 0.15) is 10.7 Å². The third-order valence-corrected chi connectivity index (χ3v) is 5.73. The number of carbonyl (C=O) groups is 1. The van der Waals surface area contributed by atoms with Gasteiger partial charge in [0.15, 0.2) is 5.82 Å². The van der Waals surface area contributed by atoms with Crippen molar-refractivity contribution in [3.05, 3.63) is 40.4 Å². The van der Waals surface area contributed by atoms with Gasteiger partial charge in [-0.05, 0) is 20.8 Å². The van der Waals surface area contributed by atoms with Crippen LogP contribution in [0.4, 0.5) is 15.2 Å². The van der Waals surface area contributed by atoms with E-state index in [1.54, 1.807) is 16.8 Å². The minimum atomic E-state index is -0.504. The number of rotatable bonds is 3. The van der Waals surface area contributed by atoms with Crippen LogP contribution in [0.1, 0.15) is 28.0 Å². The van der Waals surface area contributed by atoms with Gasteiger partial charge in [0.25, 0.3) is 5.91 Å². The van der Waals surface area contributed by atoms with Crippen LogP contribution in [-0.2, 0) is 0 Å². The van der Waals surface area contributed by atoms with E-state index in [2.05, 4.69) is 32.5 Å². The number of amides is 1. The number of piperazine rings is 1. The summed E-state index contributed by atoms with van der Waals surface area (Å²) in [4.78, 5) is 19.1. The molecule has 9 heteroatoms. The zero-order valence-corrected chi connectivity index (χ0v) is 16.2. The Morgan fingerprint density at radius 2 is 2.22 bits per heavy atom. The summed E-state index contributed by atoms with van der Waals surface area (Å²) in [5.41, 5.74) is 2.46. The SMILES string of the molecule is Cc1cn2nc(NC(=O)c3sc(N4CCNC(C)C4)cc3F)cc2c(C)n1. The van der Waals surface area contributed by atoms with Crippen molar-refractivity contribution in [2.24, 2.45) is 0 Å². The van der Waals surface area contributed by atoms with Gasteiger partial charge in [0, 0.05) is 37.8 Å². The molecule has 0 saturated carbocycles. The fraction of sp³-hybridized carbons (Fsp3) is 0.389. The molecule has 1 aliphatic rings. The lowest BCUT2D eigenvalue weighted by molar-refractivity contribution is 0.102. The van der Waals surface area contributed by atoms with Crippen molar-refractivity contribution in [3.63, 3.8) is 0 Å². The van der Waals surface area contributed by atoms with Crippen molar-refractivity contribution >= 4 is 33.6 Å². The van der Waals surface area contributed by atoms with E-state index < -0.39 is 11.7 Å². The lowest BCUT2D eigenvalue weighted by Gasteiger charge is -2.32. The van der Waals surface area contributed by atoms with Crippen LogP contribution in [0.2, 0.25) is 0 Å². The third-order valence-electron chi connectivity index (χ3n) is 4.56. The maximum atomic E-state index is 14.4. The molecule has 0 bridgehead atoms. The average molecular weight is 388 g/mol. The lowest BCUT2D eigenvalue weighted by atomic mass is 10.2. The number of thiophene rings is 1. The minimum absolute atomic E-state index is 0.0688. The molecule has 2 N–H and O–H groups in total. The Bertz CT molecular complexity index is 1010. The summed E-state index contributed by atoms with van der Waals surface area (Å²) in [7, 11) is 0. The van der Waals surface area contributed by atoms with Crippen LogP contribution in [0.25, 0.3) is 5.52 Å². The molecule has 0 spiro atoms. The van der Waals surface area contributed by atoms with Crippen molar-refractivity contribution in [2.45, 2.75) is 26.8 Å². The Hall–Kier alpha value is -2.52. The number of nitrogens with zero attached hydrogens (tertiary/aromatic N) is 4. The Morgan fingerprint density at radius 3 is 3.00 bits per heavy atom. The van der Waals surface area contributed by atoms with E-state index in [9.17, 15) is 9.18 Å². The topological polar surface area (TPSA) is 74.6 Å². The molecule has 1 saturated heterocycles. The summed E-state index contributed by atoms with van der Waals surface area (Å²) in [6.45, 7) is 8.28. The quantitative estimate of drug-likeness (QED) is 0.721. The molecule has 7 nitrogen and oxygen atoms in total. The Labute approximate surface area is 160 Å². The molecule has 3 aromatic rings. The van der Waals surface area contributed by atoms with Gasteiger partial charge in [-0.1, -0.05) is 0 Å². The first kappa shape index (κ1) is 17.9. The first-order chi connectivity index (χ1) is 12.9. The van der Waals surface area contributed by atoms with Crippen LogP contribution < -0.4 is 15.5 Å². The molecule has 0 aromatic carbocycles. The molecule has 142 valence electrons. The van der Waals surface area contributed by atoms with Crippen molar-refractivity contribution in [2.75, 3.05) is 29.9 Å². The first-order valence-electron chi connectivity index (χ1n) is 8.83. The molecule has 1 atom stereocenters. The van der Waals surface area contributed by atoms with Gasteiger partial charge in [0.05, 0.1) is 28.1 Å². The predicted octanol–water partition coefficient (Wildman–Crippen LogP) is 2.60. The Kier molecular flexibility index (Phi) is 4.56. The summed E-state index contributed by atoms with van der Waals surface area (Å²) in [5.74, 6) is -0.616. The number of nitrogens with one attached hydrogen (secondary N) is 2. The summed E-state index contributed by atoms with van der Waals surface area (Å²) in [6, 6.07) is 3.52. The molecule has 1 unspecified atom stereocenters. The normalized spacial score (nSPS) is 17.5. The van der Waals surface area contributed by atoms with E-state index >= 15 is 0 Å². The number of hydrogen-bond donors (Lipinski definition) is 2. The Balaban J connectivity index is 1.56. The van der Waals surface area contributed by atoms with Crippen molar-refractivity contribution in [3.8, 4) is 0 Å². The molecule has 4 heterocycles. The van der Waals surface area contributed by atoms with E-state index in [1.165, 1.54) is 17.4 Å². The van der Waals surface area contributed by atoms with Crippen molar-refractivity contribution in [1.29, 1.82) is 0 Å². The minimum Gasteiger partial charge on any atom is -0.361 e. The van der Waals surface area contributed by atoms with Gasteiger partial charge in [-0.3, -0.25) is 9.78 Å². The van der Waals surface area contributed by atoms with Gasteiger partial charge < -0.3 is 15.5 Å². The van der Waals surface area contributed by atoms with Crippen LogP contribution >= 0.6 is 11.3 Å². The number of halogens is 1. The summed E-state index contributed by atoms with van der Waals surface area (Å²) in [5, 5.41) is 11.2. The van der Waals surface area contributed by atoms with Crippen molar-refractivity contribution < 1.29 is 9.18 Å². The summed E-state index contributed by atoms with van der Waals surface area (Å²) in [6.07, 6.45) is 1.79. The number of anilines is 2. The highest BCUT2D eigenvalue weighted by Gasteiger charge is 2.23. The molecule has 0 aliphatic carbocycles. The zero-order chi connectivity index (χ0) is 19.1. The molecule has 0 radical (unpaired) electrons. The zero-order valence-electron chi connectivity index (χ0n) is 15.4. The largest absolute Gasteiger partial charge is 0.361 e. The summed E-state index contributed by atoms with van der Waals surface area (Å²) < 4.78 is 16.1. The Morgan fingerprint density at radius 1 is 1.41 bits per heavy atom. The fourth-order valence-electron chi connectivity index (χ4n) is 3.32. The number of aromatic nitrogens is 3. The third kappa shape index (κ3) is 3.52. The smallest absolute Gasteiger partial charge is 0.270 e. The lowest BCUT2D eigenvalue weighted by Crippen LogP contribution is -2.49. The van der Waals surface area contributed by atoms with Crippen LogP contribution in [0.15, 0.2) is 18.3 Å². The van der Waals surface area contributed by atoms with E-state index in [4.69, 9.17) is 0 Å². The van der Waals surface area contributed by atoms with Gasteiger partial charge in [-0.2, -0.15) is 0 Å². The van der Waals surface area contributed by atoms with Crippen LogP contribution in [0.3, 0.4) is 0 Å². The molecule has 1 amide bonds. The predicted molar refractivity (Wildman–Crippen MR) is 104 cm³/mol. The average Bonchev–Trinajstić information content (AvgIpc) is 3.18. The highest BCUT2D eigenvalue weighted by Crippen LogP contribution is 2.30. The molecular formula is C18H21FN6OS. The molecule has 4 rings (SSSR count). The van der Waals surface area contributed by atoms with E-state index in [1.807, 2.05) is 13.8 Å². The second-order valence-electron chi connectivity index (χ2n) is 6.84. The fourth-order valence-corrected chi connectivity index (χ4v) is 4.29. The second kappa shape index (κ2) is 6.90. The van der Waals surface area contributed by atoms with Crippen LogP contribution in [-0.4, -0.2) is 46.2 Å². The molecule has 1 aliphatic heterocycles. The summed E-state index contributed by atoms with van der Waals surface area (Å²) >= 11 is 1.17. The standard InChI is InChI=1S/C18H21FN6OS/c1-10-8-24(5-4-20-10)16-6-13(19)17(27-16)18(26)22-15-7-14-12(3)21-11(2)9-25(14)23-15/h6-7,9-10,20H,4-5,8H2,1-3H3,(H,22,23,26). The van der Waals surface area contributed by atoms with Gasteiger partial charge >= 0.3 is 0 Å². The van der Waals surface area contributed by atoms with E-state index in [-0.39, 0.29) is 4.88 Å². The maximum absolute atomic E-state index is 14.4. The van der Waals surface area contributed by atoms with Crippen LogP contribution in [0.5, 0.6) is 0 Å². The van der Waals surface area contributed by atoms with Gasteiger partial charge in [0.2, 0.25) is 0 Å². The highest BCUT2D eigenvalue weighted by atomic mass is 32.1. The second-order valence-corrected chi connectivity index (χ2v) is 7.87. The molecule has 27 heavy (non-hydrogen) atoms. The van der Waals surface area contributed by atoms with E-state index in [0.717, 1.165) is 41.5 Å². The monoisotopic (exact) mass is 388 g/mol. The van der Waals surface area contributed by atoms with Gasteiger partial charge in [-0.15, -0.1) is 16.4 Å². The first-order valence-corrected chi connectivity index (χ1v) is 9.65. The molecule has 3 aromatic heterocycles. The molecule has 1 fully saturated rings. The maximum Gasteiger partial charge on any atom is 0.270 e. The highest BCUT2D eigenvalue weighted by molar-refractivity contribution is 7.18. The number of aryl methyl sites for hydroxylation is 2. The van der Waals surface area contributed by atoms with Gasteiger partial charge in [-0.25, -0.2) is 8.91 Å². The number of hydrogen-bond acceptors (Lipinski definition) is 6. The number of fused-ring (bicyclic) bond motifs is 1. The van der Waals surface area contributed by atoms with Crippen molar-refractivity contribution in [1.82, 2.24) is 19.9 Å².